The number of nitrogens with zero attached hydrogens (tertiary/aromatic N) is 2. The van der Waals surface area contributed by atoms with Gasteiger partial charge >= 0.3 is 6.18 Å². The molecule has 15 heavy (non-hydrogen) atoms. The molecule has 0 saturated heterocycles. The van der Waals surface area contributed by atoms with Crippen LogP contribution in [0.25, 0.3) is 0 Å². The number of rotatable bonds is 3. The SMILES string of the molecule is CC(C)c1n[nH]c(=S)n1CCC(F)(F)F. The molecule has 1 rings (SSSR count). The Morgan fingerprint density at radius 3 is 2.53 bits per heavy atom. The highest BCUT2D eigenvalue weighted by molar-refractivity contribution is 7.71. The Morgan fingerprint density at radius 2 is 2.07 bits per heavy atom. The zero-order valence-electron chi connectivity index (χ0n) is 8.43. The lowest BCUT2D eigenvalue weighted by Gasteiger charge is -2.10. The molecule has 0 atom stereocenters. The van der Waals surface area contributed by atoms with Crippen molar-refractivity contribution >= 4 is 12.2 Å². The Hall–Kier alpha value is -0.850. The molecule has 7 heteroatoms. The monoisotopic (exact) mass is 239 g/mol. The Balaban J connectivity index is 2.84. The molecule has 1 aromatic heterocycles. The van der Waals surface area contributed by atoms with Crippen LogP contribution in [0.5, 0.6) is 0 Å². The second-order valence-corrected chi connectivity index (χ2v) is 3.95. The number of alkyl halides is 3. The minimum atomic E-state index is -4.17. The average Bonchev–Trinajstić information content (AvgIpc) is 2.42. The molecule has 0 aliphatic rings. The Morgan fingerprint density at radius 1 is 1.47 bits per heavy atom. The van der Waals surface area contributed by atoms with Crippen LogP contribution in [-0.4, -0.2) is 20.9 Å². The van der Waals surface area contributed by atoms with Gasteiger partial charge in [0.25, 0.3) is 0 Å². The van der Waals surface area contributed by atoms with E-state index in [1.54, 1.807) is 0 Å². The number of halogens is 3. The largest absolute Gasteiger partial charge is 0.390 e. The number of aromatic amines is 1. The molecule has 0 radical (unpaired) electrons. The van der Waals surface area contributed by atoms with Gasteiger partial charge in [0.2, 0.25) is 0 Å². The maximum atomic E-state index is 12.0. The van der Waals surface area contributed by atoms with Gasteiger partial charge in [-0.05, 0) is 12.2 Å². The lowest BCUT2D eigenvalue weighted by molar-refractivity contribution is -0.136. The number of nitrogens with one attached hydrogen (secondary N) is 1. The lowest BCUT2D eigenvalue weighted by atomic mass is 10.2. The van der Waals surface area contributed by atoms with E-state index in [2.05, 4.69) is 10.2 Å². The van der Waals surface area contributed by atoms with Crippen molar-refractivity contribution in [2.24, 2.45) is 0 Å². The quantitative estimate of drug-likeness (QED) is 0.822. The molecule has 0 bridgehead atoms. The van der Waals surface area contributed by atoms with Gasteiger partial charge < -0.3 is 4.57 Å². The third-order valence-electron chi connectivity index (χ3n) is 1.92. The Kier molecular flexibility index (Phi) is 3.54. The van der Waals surface area contributed by atoms with Crippen molar-refractivity contribution in [2.75, 3.05) is 0 Å². The summed E-state index contributed by atoms with van der Waals surface area (Å²) in [7, 11) is 0. The van der Waals surface area contributed by atoms with Crippen molar-refractivity contribution in [3.63, 3.8) is 0 Å². The zero-order chi connectivity index (χ0) is 11.6. The molecule has 1 N–H and O–H groups in total. The first-order valence-corrected chi connectivity index (χ1v) is 4.94. The number of aromatic nitrogens is 3. The van der Waals surface area contributed by atoms with Crippen LogP contribution in [0.2, 0.25) is 0 Å². The molecular weight excluding hydrogens is 227 g/mol. The van der Waals surface area contributed by atoms with Crippen molar-refractivity contribution in [2.45, 2.75) is 38.9 Å². The van der Waals surface area contributed by atoms with Crippen LogP contribution in [0, 0.1) is 4.77 Å². The summed E-state index contributed by atoms with van der Waals surface area (Å²) >= 11 is 4.86. The van der Waals surface area contributed by atoms with Crippen LogP contribution in [0.15, 0.2) is 0 Å². The molecule has 0 aromatic carbocycles. The smallest absolute Gasteiger partial charge is 0.304 e. The molecular formula is C8H12F3N3S. The molecule has 0 fully saturated rings. The van der Waals surface area contributed by atoms with Crippen molar-refractivity contribution in [3.8, 4) is 0 Å². The lowest BCUT2D eigenvalue weighted by Crippen LogP contribution is -2.14. The van der Waals surface area contributed by atoms with E-state index in [4.69, 9.17) is 12.2 Å². The molecule has 0 unspecified atom stereocenters. The fraction of sp³-hybridized carbons (Fsp3) is 0.750. The summed E-state index contributed by atoms with van der Waals surface area (Å²) in [6.45, 7) is 3.54. The molecule has 0 aliphatic heterocycles. The number of hydrogen-bond acceptors (Lipinski definition) is 2. The van der Waals surface area contributed by atoms with Gasteiger partial charge in [0.1, 0.15) is 5.82 Å². The fourth-order valence-electron chi connectivity index (χ4n) is 1.23. The normalized spacial score (nSPS) is 12.4. The van der Waals surface area contributed by atoms with Gasteiger partial charge in [0, 0.05) is 12.5 Å². The summed E-state index contributed by atoms with van der Waals surface area (Å²) < 4.78 is 37.7. The van der Waals surface area contributed by atoms with Gasteiger partial charge in [-0.2, -0.15) is 18.3 Å². The van der Waals surface area contributed by atoms with E-state index in [1.807, 2.05) is 13.8 Å². The predicted octanol–water partition coefficient (Wildman–Crippen LogP) is 3.02. The second kappa shape index (κ2) is 4.34. The van der Waals surface area contributed by atoms with Crippen molar-refractivity contribution < 1.29 is 13.2 Å². The standard InChI is InChI=1S/C8H12F3N3S/c1-5(2)6-12-13-7(15)14(6)4-3-8(9,10)11/h5H,3-4H2,1-2H3,(H,13,15). The Bertz CT molecular complexity index is 377. The average molecular weight is 239 g/mol. The second-order valence-electron chi connectivity index (χ2n) is 3.56. The van der Waals surface area contributed by atoms with Gasteiger partial charge in [-0.25, -0.2) is 0 Å². The number of hydrogen-bond donors (Lipinski definition) is 1. The summed E-state index contributed by atoms with van der Waals surface area (Å²) in [5, 5.41) is 6.40. The summed E-state index contributed by atoms with van der Waals surface area (Å²) in [6.07, 6.45) is -5.05. The Labute approximate surface area is 90.3 Å². The molecule has 0 spiro atoms. The van der Waals surface area contributed by atoms with Gasteiger partial charge in [0.05, 0.1) is 6.42 Å². The van der Waals surface area contributed by atoms with E-state index < -0.39 is 12.6 Å². The van der Waals surface area contributed by atoms with Gasteiger partial charge in [-0.1, -0.05) is 13.8 Å². The summed E-state index contributed by atoms with van der Waals surface area (Å²) in [6, 6.07) is 0. The molecule has 1 aromatic rings. The van der Waals surface area contributed by atoms with Gasteiger partial charge in [-0.3, -0.25) is 5.10 Å². The van der Waals surface area contributed by atoms with Crippen LogP contribution in [0.3, 0.4) is 0 Å². The molecule has 0 saturated carbocycles. The number of H-pyrrole nitrogens is 1. The van der Waals surface area contributed by atoms with Gasteiger partial charge in [0.15, 0.2) is 4.77 Å². The van der Waals surface area contributed by atoms with Crippen molar-refractivity contribution in [1.82, 2.24) is 14.8 Å². The molecule has 1 heterocycles. The minimum Gasteiger partial charge on any atom is -0.304 e. The van der Waals surface area contributed by atoms with E-state index >= 15 is 0 Å². The first-order chi connectivity index (χ1) is 6.81. The molecule has 86 valence electrons. The first-order valence-electron chi connectivity index (χ1n) is 4.53. The van der Waals surface area contributed by atoms with Crippen LogP contribution >= 0.6 is 12.2 Å². The topological polar surface area (TPSA) is 33.6 Å². The van der Waals surface area contributed by atoms with Crippen molar-refractivity contribution in [1.29, 1.82) is 0 Å². The molecule has 0 aliphatic carbocycles. The first kappa shape index (κ1) is 12.2. The van der Waals surface area contributed by atoms with Crippen LogP contribution in [-0.2, 0) is 6.54 Å². The highest BCUT2D eigenvalue weighted by Crippen LogP contribution is 2.21. The summed E-state index contributed by atoms with van der Waals surface area (Å²) in [5.74, 6) is 0.607. The maximum absolute atomic E-state index is 12.0. The van der Waals surface area contributed by atoms with Crippen LogP contribution in [0.4, 0.5) is 13.2 Å². The minimum absolute atomic E-state index is 0.0474. The van der Waals surface area contributed by atoms with Gasteiger partial charge in [-0.15, -0.1) is 0 Å². The molecule has 3 nitrogen and oxygen atoms in total. The van der Waals surface area contributed by atoms with Crippen molar-refractivity contribution in [3.05, 3.63) is 10.6 Å². The maximum Gasteiger partial charge on any atom is 0.390 e. The molecule has 0 amide bonds. The summed E-state index contributed by atoms with van der Waals surface area (Å²) in [4.78, 5) is 0. The van der Waals surface area contributed by atoms with E-state index in [1.165, 1.54) is 4.57 Å². The third-order valence-corrected chi connectivity index (χ3v) is 2.23. The van der Waals surface area contributed by atoms with E-state index in [9.17, 15) is 13.2 Å². The predicted molar refractivity (Wildman–Crippen MR) is 52.2 cm³/mol. The summed E-state index contributed by atoms with van der Waals surface area (Å²) in [5.41, 5.74) is 0. The van der Waals surface area contributed by atoms with Crippen LogP contribution in [0.1, 0.15) is 32.0 Å². The fourth-order valence-corrected chi connectivity index (χ4v) is 1.46. The van der Waals surface area contributed by atoms with E-state index in [0.29, 0.717) is 5.82 Å². The zero-order valence-corrected chi connectivity index (χ0v) is 9.24. The van der Waals surface area contributed by atoms with Crippen LogP contribution < -0.4 is 0 Å². The van der Waals surface area contributed by atoms with E-state index in [0.717, 1.165) is 0 Å². The highest BCUT2D eigenvalue weighted by Gasteiger charge is 2.27. The highest BCUT2D eigenvalue weighted by atomic mass is 32.1. The third kappa shape index (κ3) is 3.33. The van der Waals surface area contributed by atoms with E-state index in [-0.39, 0.29) is 17.2 Å².